The van der Waals surface area contributed by atoms with E-state index in [9.17, 15) is 14.9 Å². The highest BCUT2D eigenvalue weighted by molar-refractivity contribution is 7.80. The van der Waals surface area contributed by atoms with Gasteiger partial charge in [-0.25, -0.2) is 0 Å². The zero-order chi connectivity index (χ0) is 16.1. The topological polar surface area (TPSA) is 75.5 Å². The van der Waals surface area contributed by atoms with E-state index in [2.05, 4.69) is 12.2 Å². The normalized spacial score (nSPS) is 17.9. The number of thiocarbonyl (C=S) groups is 1. The van der Waals surface area contributed by atoms with Crippen molar-refractivity contribution < 1.29 is 9.72 Å². The first-order chi connectivity index (χ1) is 10.5. The smallest absolute Gasteiger partial charge is 0.270 e. The summed E-state index contributed by atoms with van der Waals surface area (Å²) in [4.78, 5) is 24.5. The van der Waals surface area contributed by atoms with E-state index in [0.29, 0.717) is 11.2 Å². The number of piperidine rings is 1. The van der Waals surface area contributed by atoms with E-state index in [-0.39, 0.29) is 11.3 Å². The summed E-state index contributed by atoms with van der Waals surface area (Å²) in [7, 11) is 0. The molecule has 0 unspecified atom stereocenters. The van der Waals surface area contributed by atoms with E-state index in [0.717, 1.165) is 25.8 Å². The van der Waals surface area contributed by atoms with Crippen molar-refractivity contribution in [2.24, 2.45) is 0 Å². The number of carbonyl (C=O) groups excluding carboxylic acids is 1. The minimum atomic E-state index is -0.521. The highest BCUT2D eigenvalue weighted by Crippen LogP contribution is 2.20. The minimum Gasteiger partial charge on any atom is -0.346 e. The fourth-order valence-electron chi connectivity index (χ4n) is 2.69. The largest absolute Gasteiger partial charge is 0.346 e. The van der Waals surface area contributed by atoms with Crippen molar-refractivity contribution in [1.82, 2.24) is 10.2 Å². The molecule has 1 aliphatic rings. The Morgan fingerprint density at radius 2 is 2.27 bits per heavy atom. The van der Waals surface area contributed by atoms with Crippen LogP contribution in [-0.2, 0) is 0 Å². The van der Waals surface area contributed by atoms with Gasteiger partial charge in [0.05, 0.1) is 4.92 Å². The maximum absolute atomic E-state index is 12.2. The molecule has 2 rings (SSSR count). The van der Waals surface area contributed by atoms with Gasteiger partial charge in [0.25, 0.3) is 11.6 Å². The van der Waals surface area contributed by atoms with Gasteiger partial charge < -0.3 is 4.90 Å². The fraction of sp³-hybridized carbons (Fsp3) is 0.467. The fourth-order valence-corrected chi connectivity index (χ4v) is 3.03. The van der Waals surface area contributed by atoms with Crippen molar-refractivity contribution in [2.45, 2.75) is 38.6 Å². The summed E-state index contributed by atoms with van der Waals surface area (Å²) in [6.07, 6.45) is 4.29. The average molecular weight is 321 g/mol. The molecule has 1 N–H and O–H groups in total. The third-order valence-electron chi connectivity index (χ3n) is 3.90. The summed E-state index contributed by atoms with van der Waals surface area (Å²) >= 11 is 5.34. The number of nitrogens with zero attached hydrogens (tertiary/aromatic N) is 2. The van der Waals surface area contributed by atoms with Gasteiger partial charge in [0, 0.05) is 30.3 Å². The van der Waals surface area contributed by atoms with Gasteiger partial charge >= 0.3 is 0 Å². The highest BCUT2D eigenvalue weighted by Gasteiger charge is 2.24. The van der Waals surface area contributed by atoms with Gasteiger partial charge in [-0.05, 0) is 44.0 Å². The number of benzene rings is 1. The van der Waals surface area contributed by atoms with Crippen molar-refractivity contribution in [2.75, 3.05) is 6.54 Å². The van der Waals surface area contributed by atoms with Crippen LogP contribution in [0.1, 0.15) is 43.0 Å². The monoisotopic (exact) mass is 321 g/mol. The average Bonchev–Trinajstić information content (AvgIpc) is 2.54. The summed E-state index contributed by atoms with van der Waals surface area (Å²) < 4.78 is 0. The Balaban J connectivity index is 2.06. The number of rotatable bonds is 3. The molecule has 1 aromatic carbocycles. The van der Waals surface area contributed by atoms with Crippen LogP contribution in [0.4, 0.5) is 5.69 Å². The minimum absolute atomic E-state index is 0.108. The number of nitrogens with one attached hydrogen (secondary N) is 1. The molecule has 1 aliphatic heterocycles. The Kier molecular flexibility index (Phi) is 5.43. The van der Waals surface area contributed by atoms with E-state index in [4.69, 9.17) is 12.2 Å². The summed E-state index contributed by atoms with van der Waals surface area (Å²) in [5.41, 5.74) is 0.129. The molecule has 1 saturated heterocycles. The second kappa shape index (κ2) is 7.31. The molecule has 1 amide bonds. The SMILES string of the molecule is CC[C@@H]1CCCCN1C(=S)NC(=O)c1cccc([N+](=O)[O-])c1. The lowest BCUT2D eigenvalue weighted by Gasteiger charge is -2.36. The molecule has 0 spiro atoms. The molecule has 1 fully saturated rings. The second-order valence-electron chi connectivity index (χ2n) is 5.32. The lowest BCUT2D eigenvalue weighted by Crippen LogP contribution is -2.49. The van der Waals surface area contributed by atoms with Gasteiger partial charge in [0.15, 0.2) is 5.11 Å². The molecule has 1 atom stereocenters. The first-order valence-corrected chi connectivity index (χ1v) is 7.80. The molecular weight excluding hydrogens is 302 g/mol. The molecular formula is C15H19N3O3S. The van der Waals surface area contributed by atoms with E-state index in [1.54, 1.807) is 6.07 Å². The lowest BCUT2D eigenvalue weighted by atomic mass is 10.0. The Hall–Kier alpha value is -2.02. The van der Waals surface area contributed by atoms with E-state index in [1.165, 1.54) is 24.6 Å². The molecule has 22 heavy (non-hydrogen) atoms. The molecule has 1 heterocycles. The first kappa shape index (κ1) is 16.4. The van der Waals surface area contributed by atoms with Crippen molar-refractivity contribution in [1.29, 1.82) is 0 Å². The Bertz CT molecular complexity index is 591. The van der Waals surface area contributed by atoms with Crippen LogP contribution in [0.3, 0.4) is 0 Å². The number of hydrogen-bond acceptors (Lipinski definition) is 4. The Labute approximate surface area is 134 Å². The van der Waals surface area contributed by atoms with Crippen LogP contribution >= 0.6 is 12.2 Å². The standard InChI is InChI=1S/C15H19N3O3S/c1-2-12-7-3-4-9-17(12)15(22)16-14(19)11-6-5-8-13(10-11)18(20)21/h5-6,8,10,12H,2-4,7,9H2,1H3,(H,16,19,22)/t12-/m1/s1. The number of likely N-dealkylation sites (tertiary alicyclic amines) is 1. The zero-order valence-corrected chi connectivity index (χ0v) is 13.3. The molecule has 1 aromatic rings. The molecule has 118 valence electrons. The van der Waals surface area contributed by atoms with Crippen LogP contribution in [-0.4, -0.2) is 33.4 Å². The van der Waals surface area contributed by atoms with Gasteiger partial charge in [0.1, 0.15) is 0 Å². The van der Waals surface area contributed by atoms with Crippen molar-refractivity contribution in [3.8, 4) is 0 Å². The lowest BCUT2D eigenvalue weighted by molar-refractivity contribution is -0.384. The number of carbonyl (C=O) groups is 1. The third kappa shape index (κ3) is 3.79. The van der Waals surface area contributed by atoms with Crippen LogP contribution < -0.4 is 5.32 Å². The molecule has 0 bridgehead atoms. The third-order valence-corrected chi connectivity index (χ3v) is 4.24. The number of nitro benzene ring substituents is 1. The van der Waals surface area contributed by atoms with Crippen LogP contribution in [0.2, 0.25) is 0 Å². The summed E-state index contributed by atoms with van der Waals surface area (Å²) in [5.74, 6) is -0.408. The van der Waals surface area contributed by atoms with Crippen LogP contribution in [0.5, 0.6) is 0 Å². The van der Waals surface area contributed by atoms with Crippen LogP contribution in [0, 0.1) is 10.1 Å². The number of non-ortho nitro benzene ring substituents is 1. The summed E-state index contributed by atoms with van der Waals surface area (Å²) in [5, 5.41) is 13.9. The first-order valence-electron chi connectivity index (χ1n) is 7.39. The molecule has 0 aromatic heterocycles. The zero-order valence-electron chi connectivity index (χ0n) is 12.4. The van der Waals surface area contributed by atoms with E-state index < -0.39 is 10.8 Å². The molecule has 0 saturated carbocycles. The Morgan fingerprint density at radius 3 is 2.95 bits per heavy atom. The van der Waals surface area contributed by atoms with Crippen molar-refractivity contribution >= 4 is 28.9 Å². The predicted octanol–water partition coefficient (Wildman–Crippen LogP) is 2.87. The van der Waals surface area contributed by atoms with E-state index in [1.807, 2.05) is 4.90 Å². The number of nitro groups is 1. The molecule has 0 radical (unpaired) electrons. The number of amides is 1. The molecule has 7 heteroatoms. The van der Waals surface area contributed by atoms with Crippen molar-refractivity contribution in [3.05, 3.63) is 39.9 Å². The maximum Gasteiger partial charge on any atom is 0.270 e. The molecule has 6 nitrogen and oxygen atoms in total. The van der Waals surface area contributed by atoms with E-state index >= 15 is 0 Å². The van der Waals surface area contributed by atoms with Crippen LogP contribution in [0.15, 0.2) is 24.3 Å². The Morgan fingerprint density at radius 1 is 1.50 bits per heavy atom. The van der Waals surface area contributed by atoms with Gasteiger partial charge in [-0.1, -0.05) is 13.0 Å². The maximum atomic E-state index is 12.2. The predicted molar refractivity (Wildman–Crippen MR) is 87.8 cm³/mol. The summed E-state index contributed by atoms with van der Waals surface area (Å²) in [6, 6.07) is 5.99. The summed E-state index contributed by atoms with van der Waals surface area (Å²) in [6.45, 7) is 2.94. The molecule has 0 aliphatic carbocycles. The van der Waals surface area contributed by atoms with Gasteiger partial charge in [-0.3, -0.25) is 20.2 Å². The number of hydrogen-bond donors (Lipinski definition) is 1. The second-order valence-corrected chi connectivity index (χ2v) is 5.70. The van der Waals surface area contributed by atoms with Crippen LogP contribution in [0.25, 0.3) is 0 Å². The van der Waals surface area contributed by atoms with Gasteiger partial charge in [-0.15, -0.1) is 0 Å². The highest BCUT2D eigenvalue weighted by atomic mass is 32.1. The van der Waals surface area contributed by atoms with Crippen molar-refractivity contribution in [3.63, 3.8) is 0 Å². The van der Waals surface area contributed by atoms with Gasteiger partial charge in [0.2, 0.25) is 0 Å². The quantitative estimate of drug-likeness (QED) is 0.526. The van der Waals surface area contributed by atoms with Gasteiger partial charge in [-0.2, -0.15) is 0 Å².